The third kappa shape index (κ3) is 3.35. The zero-order chi connectivity index (χ0) is 18.1. The van der Waals surface area contributed by atoms with Gasteiger partial charge < -0.3 is 15.2 Å². The first-order valence-corrected chi connectivity index (χ1v) is 8.94. The Labute approximate surface area is 148 Å². The SMILES string of the molecule is Cc1ccc(NC(=O)CCN2C(=O)OC3(CCCCC3)C2(C)O)cc1. The molecule has 1 heterocycles. The minimum atomic E-state index is -1.38. The third-order valence-electron chi connectivity index (χ3n) is 5.45. The average molecular weight is 346 g/mol. The highest BCUT2D eigenvalue weighted by Crippen LogP contribution is 2.46. The molecule has 6 nitrogen and oxygen atoms in total. The quantitative estimate of drug-likeness (QED) is 0.877. The fourth-order valence-electron chi connectivity index (χ4n) is 3.82. The Morgan fingerprint density at radius 3 is 2.52 bits per heavy atom. The van der Waals surface area contributed by atoms with Crippen LogP contribution in [0.1, 0.15) is 51.0 Å². The van der Waals surface area contributed by atoms with E-state index in [0.717, 1.165) is 30.5 Å². The molecule has 1 spiro atoms. The predicted molar refractivity (Wildman–Crippen MR) is 94.1 cm³/mol. The molecule has 1 aliphatic carbocycles. The maximum absolute atomic E-state index is 12.3. The van der Waals surface area contributed by atoms with Crippen LogP contribution in [0.2, 0.25) is 0 Å². The monoisotopic (exact) mass is 346 g/mol. The van der Waals surface area contributed by atoms with Gasteiger partial charge in [-0.3, -0.25) is 9.69 Å². The maximum Gasteiger partial charge on any atom is 0.412 e. The highest BCUT2D eigenvalue weighted by Gasteiger charge is 2.61. The van der Waals surface area contributed by atoms with E-state index in [4.69, 9.17) is 4.74 Å². The Morgan fingerprint density at radius 2 is 1.88 bits per heavy atom. The van der Waals surface area contributed by atoms with Crippen molar-refractivity contribution in [2.75, 3.05) is 11.9 Å². The van der Waals surface area contributed by atoms with E-state index in [1.807, 2.05) is 31.2 Å². The fourth-order valence-corrected chi connectivity index (χ4v) is 3.82. The van der Waals surface area contributed by atoms with Crippen LogP contribution in [0.5, 0.6) is 0 Å². The highest BCUT2D eigenvalue weighted by atomic mass is 16.6. The fraction of sp³-hybridized carbons (Fsp3) is 0.579. The smallest absolute Gasteiger partial charge is 0.412 e. The Hall–Kier alpha value is -2.08. The van der Waals surface area contributed by atoms with Crippen LogP contribution in [0.25, 0.3) is 0 Å². The number of hydrogen-bond acceptors (Lipinski definition) is 4. The zero-order valence-electron chi connectivity index (χ0n) is 14.9. The first kappa shape index (κ1) is 17.7. The second-order valence-electron chi connectivity index (χ2n) is 7.26. The van der Waals surface area contributed by atoms with Crippen LogP contribution < -0.4 is 5.32 Å². The molecule has 1 saturated carbocycles. The molecule has 0 aromatic heterocycles. The summed E-state index contributed by atoms with van der Waals surface area (Å²) in [6.45, 7) is 3.74. The third-order valence-corrected chi connectivity index (χ3v) is 5.45. The summed E-state index contributed by atoms with van der Waals surface area (Å²) in [7, 11) is 0. The van der Waals surface area contributed by atoms with Crippen molar-refractivity contribution in [3.63, 3.8) is 0 Å². The van der Waals surface area contributed by atoms with Crippen LogP contribution >= 0.6 is 0 Å². The van der Waals surface area contributed by atoms with Gasteiger partial charge in [-0.15, -0.1) is 0 Å². The molecule has 0 radical (unpaired) electrons. The van der Waals surface area contributed by atoms with Crippen molar-refractivity contribution < 1.29 is 19.4 Å². The first-order valence-electron chi connectivity index (χ1n) is 8.94. The molecule has 1 aromatic carbocycles. The lowest BCUT2D eigenvalue weighted by Gasteiger charge is -2.42. The van der Waals surface area contributed by atoms with Crippen molar-refractivity contribution in [1.29, 1.82) is 0 Å². The molecular weight excluding hydrogens is 320 g/mol. The van der Waals surface area contributed by atoms with Crippen LogP contribution in [0.15, 0.2) is 24.3 Å². The van der Waals surface area contributed by atoms with E-state index in [1.54, 1.807) is 6.92 Å². The Balaban J connectivity index is 1.61. The molecule has 0 bridgehead atoms. The number of rotatable bonds is 4. The average Bonchev–Trinajstić information content (AvgIpc) is 2.74. The van der Waals surface area contributed by atoms with E-state index in [-0.39, 0.29) is 18.9 Å². The van der Waals surface area contributed by atoms with Gasteiger partial charge in [-0.25, -0.2) is 4.79 Å². The van der Waals surface area contributed by atoms with Gasteiger partial charge in [0.05, 0.1) is 0 Å². The highest BCUT2D eigenvalue weighted by molar-refractivity contribution is 5.91. The maximum atomic E-state index is 12.3. The number of aryl methyl sites for hydroxylation is 1. The molecule has 3 rings (SSSR count). The van der Waals surface area contributed by atoms with Gasteiger partial charge in [-0.2, -0.15) is 0 Å². The van der Waals surface area contributed by atoms with Gasteiger partial charge in [-0.1, -0.05) is 24.1 Å². The molecule has 6 heteroatoms. The second kappa shape index (κ2) is 6.67. The van der Waals surface area contributed by atoms with Gasteiger partial charge in [0, 0.05) is 18.7 Å². The van der Waals surface area contributed by atoms with E-state index >= 15 is 0 Å². The molecule has 2 N–H and O–H groups in total. The minimum absolute atomic E-state index is 0.106. The number of carbonyl (C=O) groups is 2. The van der Waals surface area contributed by atoms with Gasteiger partial charge >= 0.3 is 6.09 Å². The van der Waals surface area contributed by atoms with Crippen molar-refractivity contribution in [1.82, 2.24) is 4.90 Å². The summed E-state index contributed by atoms with van der Waals surface area (Å²) in [4.78, 5) is 25.8. The standard InChI is InChI=1S/C19H26N2O4/c1-14-6-8-15(9-7-14)20-16(22)10-13-21-17(23)25-19(18(21,2)24)11-4-3-5-12-19/h6-9,24H,3-5,10-13H2,1-2H3,(H,20,22). The van der Waals surface area contributed by atoms with E-state index in [9.17, 15) is 14.7 Å². The second-order valence-corrected chi connectivity index (χ2v) is 7.26. The van der Waals surface area contributed by atoms with Crippen LogP contribution in [0.4, 0.5) is 10.5 Å². The normalized spacial score (nSPS) is 25.1. The molecule has 1 aliphatic heterocycles. The number of nitrogens with zero attached hydrogens (tertiary/aromatic N) is 1. The molecule has 1 saturated heterocycles. The molecule has 2 aliphatic rings. The van der Waals surface area contributed by atoms with Crippen molar-refractivity contribution in [2.24, 2.45) is 0 Å². The lowest BCUT2D eigenvalue weighted by atomic mass is 9.77. The number of carbonyl (C=O) groups excluding carboxylic acids is 2. The number of benzene rings is 1. The lowest BCUT2D eigenvalue weighted by Crippen LogP contribution is -2.57. The predicted octanol–water partition coefficient (Wildman–Crippen LogP) is 3.19. The summed E-state index contributed by atoms with van der Waals surface area (Å²) in [5.41, 5.74) is -0.383. The molecule has 1 unspecified atom stereocenters. The summed E-state index contributed by atoms with van der Waals surface area (Å²) >= 11 is 0. The van der Waals surface area contributed by atoms with Crippen LogP contribution in [-0.4, -0.2) is 39.9 Å². The molecule has 1 atom stereocenters. The topological polar surface area (TPSA) is 78.9 Å². The number of amides is 2. The van der Waals surface area contributed by atoms with E-state index in [1.165, 1.54) is 4.90 Å². The largest absolute Gasteiger partial charge is 0.438 e. The van der Waals surface area contributed by atoms with Gasteiger partial charge in [-0.05, 0) is 51.7 Å². The number of hydrogen-bond donors (Lipinski definition) is 2. The first-order chi connectivity index (χ1) is 11.8. The molecule has 2 amide bonds. The van der Waals surface area contributed by atoms with Crippen LogP contribution in [0.3, 0.4) is 0 Å². The number of aliphatic hydroxyl groups is 1. The molecule has 1 aromatic rings. The summed E-state index contributed by atoms with van der Waals surface area (Å²) in [5.74, 6) is -0.197. The zero-order valence-corrected chi connectivity index (χ0v) is 14.9. The summed E-state index contributed by atoms with van der Waals surface area (Å²) in [6, 6.07) is 7.52. The van der Waals surface area contributed by atoms with Crippen molar-refractivity contribution in [2.45, 2.75) is 63.7 Å². The molecule has 25 heavy (non-hydrogen) atoms. The number of anilines is 1. The van der Waals surface area contributed by atoms with Crippen molar-refractivity contribution >= 4 is 17.7 Å². The number of ether oxygens (including phenoxy) is 1. The Morgan fingerprint density at radius 1 is 1.24 bits per heavy atom. The van der Waals surface area contributed by atoms with Crippen molar-refractivity contribution in [3.8, 4) is 0 Å². The van der Waals surface area contributed by atoms with Gasteiger partial charge in [0.25, 0.3) is 0 Å². The van der Waals surface area contributed by atoms with Gasteiger partial charge in [0.1, 0.15) is 0 Å². The minimum Gasteiger partial charge on any atom is -0.438 e. The van der Waals surface area contributed by atoms with Crippen LogP contribution in [-0.2, 0) is 9.53 Å². The number of nitrogens with one attached hydrogen (secondary N) is 1. The molecule has 2 fully saturated rings. The lowest BCUT2D eigenvalue weighted by molar-refractivity contribution is -0.159. The van der Waals surface area contributed by atoms with Gasteiger partial charge in [0.2, 0.25) is 5.91 Å². The van der Waals surface area contributed by atoms with Crippen molar-refractivity contribution in [3.05, 3.63) is 29.8 Å². The molecule has 136 valence electrons. The van der Waals surface area contributed by atoms with Crippen LogP contribution in [0, 0.1) is 6.92 Å². The molecular formula is C19H26N2O4. The van der Waals surface area contributed by atoms with Gasteiger partial charge in [0.15, 0.2) is 11.3 Å². The summed E-state index contributed by atoms with van der Waals surface area (Å²) < 4.78 is 5.59. The van der Waals surface area contributed by atoms with E-state index in [2.05, 4.69) is 5.32 Å². The van der Waals surface area contributed by atoms with E-state index in [0.29, 0.717) is 12.8 Å². The summed E-state index contributed by atoms with van der Waals surface area (Å²) in [6.07, 6.45) is 3.87. The summed E-state index contributed by atoms with van der Waals surface area (Å²) in [5, 5.41) is 13.8. The van der Waals surface area contributed by atoms with E-state index < -0.39 is 17.4 Å². The Kier molecular flexibility index (Phi) is 4.73. The Bertz CT molecular complexity index is 648.